The van der Waals surface area contributed by atoms with Crippen LogP contribution in [-0.2, 0) is 4.79 Å². The van der Waals surface area contributed by atoms with Crippen molar-refractivity contribution < 1.29 is 9.59 Å². The van der Waals surface area contributed by atoms with Crippen molar-refractivity contribution in [2.45, 2.75) is 4.90 Å². The summed E-state index contributed by atoms with van der Waals surface area (Å²) >= 11 is 8.54. The number of benzene rings is 1. The lowest BCUT2D eigenvalue weighted by Crippen LogP contribution is -2.42. The number of carbonyl (C=O) groups excluding carboxylic acids is 2. The van der Waals surface area contributed by atoms with Gasteiger partial charge in [0, 0.05) is 10.6 Å². The molecule has 2 amide bonds. The van der Waals surface area contributed by atoms with Gasteiger partial charge in [-0.1, -0.05) is 17.7 Å². The van der Waals surface area contributed by atoms with Gasteiger partial charge in [0.05, 0.1) is 15.7 Å². The average Bonchev–Trinajstić information content (AvgIpc) is 3.00. The van der Waals surface area contributed by atoms with E-state index >= 15 is 0 Å². The molecule has 1 heterocycles. The third-order valence-corrected chi connectivity index (χ3v) is 4.74. The van der Waals surface area contributed by atoms with Crippen LogP contribution in [0, 0.1) is 0 Å². The number of anilines is 1. The number of halogens is 1. The van der Waals surface area contributed by atoms with Gasteiger partial charge in [0.25, 0.3) is 5.91 Å². The largest absolute Gasteiger partial charge is 0.399 e. The molecule has 0 radical (unpaired) electrons. The Bertz CT molecular complexity index is 647. The number of thioether (sulfide) groups is 1. The summed E-state index contributed by atoms with van der Waals surface area (Å²) in [6, 6.07) is 8.50. The monoisotopic (exact) mass is 341 g/mol. The molecule has 2 aromatic rings. The van der Waals surface area contributed by atoms with E-state index in [9.17, 15) is 9.59 Å². The number of nitrogen functional groups attached to an aromatic ring is 1. The minimum absolute atomic E-state index is 0.119. The highest BCUT2D eigenvalue weighted by Crippen LogP contribution is 2.28. The van der Waals surface area contributed by atoms with Crippen molar-refractivity contribution in [1.29, 1.82) is 0 Å². The Morgan fingerprint density at radius 3 is 2.81 bits per heavy atom. The normalized spacial score (nSPS) is 10.1. The van der Waals surface area contributed by atoms with Crippen molar-refractivity contribution >= 4 is 52.2 Å². The molecule has 0 spiro atoms. The fourth-order valence-electron chi connectivity index (χ4n) is 1.41. The van der Waals surface area contributed by atoms with Crippen molar-refractivity contribution in [2.75, 3.05) is 11.5 Å². The van der Waals surface area contributed by atoms with E-state index in [1.54, 1.807) is 35.7 Å². The molecule has 4 N–H and O–H groups in total. The molecule has 110 valence electrons. The lowest BCUT2D eigenvalue weighted by molar-refractivity contribution is -0.119. The Hall–Kier alpha value is -1.70. The molecule has 0 atom stereocenters. The van der Waals surface area contributed by atoms with Crippen LogP contribution in [0.5, 0.6) is 0 Å². The van der Waals surface area contributed by atoms with E-state index in [1.807, 2.05) is 0 Å². The fraction of sp³-hybridized carbons (Fsp3) is 0.0769. The number of rotatable bonds is 4. The van der Waals surface area contributed by atoms with E-state index in [0.29, 0.717) is 15.6 Å². The third kappa shape index (κ3) is 4.66. The summed E-state index contributed by atoms with van der Waals surface area (Å²) in [4.78, 5) is 24.5. The molecule has 0 saturated carbocycles. The molecular formula is C13H12ClN3O2S2. The molecule has 0 aliphatic heterocycles. The van der Waals surface area contributed by atoms with Crippen LogP contribution in [0.1, 0.15) is 9.67 Å². The minimum atomic E-state index is -0.342. The molecule has 1 aromatic carbocycles. The Morgan fingerprint density at radius 1 is 1.29 bits per heavy atom. The van der Waals surface area contributed by atoms with E-state index in [1.165, 1.54) is 23.1 Å². The fourth-order valence-corrected chi connectivity index (χ4v) is 3.09. The lowest BCUT2D eigenvalue weighted by Gasteiger charge is -2.07. The quantitative estimate of drug-likeness (QED) is 0.453. The zero-order valence-electron chi connectivity index (χ0n) is 10.8. The van der Waals surface area contributed by atoms with E-state index in [4.69, 9.17) is 17.3 Å². The highest BCUT2D eigenvalue weighted by atomic mass is 35.5. The highest BCUT2D eigenvalue weighted by molar-refractivity contribution is 8.00. The molecule has 0 unspecified atom stereocenters. The molecule has 0 aliphatic rings. The molecule has 0 aliphatic carbocycles. The summed E-state index contributed by atoms with van der Waals surface area (Å²) in [5.41, 5.74) is 10.9. The molecule has 2 rings (SSSR count). The number of hydrazine groups is 1. The zero-order valence-corrected chi connectivity index (χ0v) is 13.1. The molecule has 8 heteroatoms. The first-order chi connectivity index (χ1) is 10.1. The Labute approximate surface area is 134 Å². The lowest BCUT2D eigenvalue weighted by atomic mass is 10.3. The minimum Gasteiger partial charge on any atom is -0.399 e. The second-order valence-corrected chi connectivity index (χ2v) is 6.33. The molecule has 5 nitrogen and oxygen atoms in total. The second kappa shape index (κ2) is 7.35. The summed E-state index contributed by atoms with van der Waals surface area (Å²) < 4.78 is 0. The van der Waals surface area contributed by atoms with Gasteiger partial charge in [0.2, 0.25) is 5.91 Å². The topological polar surface area (TPSA) is 84.2 Å². The average molecular weight is 342 g/mol. The third-order valence-electron chi connectivity index (χ3n) is 2.37. The number of nitrogens with one attached hydrogen (secondary N) is 2. The van der Waals surface area contributed by atoms with Crippen LogP contribution in [0.2, 0.25) is 5.02 Å². The Balaban J connectivity index is 1.80. The van der Waals surface area contributed by atoms with Gasteiger partial charge in [-0.2, -0.15) is 0 Å². The highest BCUT2D eigenvalue weighted by Gasteiger charge is 2.09. The SMILES string of the molecule is Nc1ccc(Cl)c(SCC(=O)NNC(=O)c2cccs2)c1. The van der Waals surface area contributed by atoms with Crippen molar-refractivity contribution in [2.24, 2.45) is 0 Å². The summed E-state index contributed by atoms with van der Waals surface area (Å²) in [5, 5.41) is 2.32. The van der Waals surface area contributed by atoms with Crippen LogP contribution in [0.4, 0.5) is 5.69 Å². The van der Waals surface area contributed by atoms with Crippen LogP contribution in [0.25, 0.3) is 0 Å². The summed E-state index contributed by atoms with van der Waals surface area (Å²) in [5.74, 6) is -0.554. The molecule has 0 saturated heterocycles. The first-order valence-corrected chi connectivity index (χ1v) is 8.11. The van der Waals surface area contributed by atoms with Gasteiger partial charge >= 0.3 is 0 Å². The van der Waals surface area contributed by atoms with Gasteiger partial charge in [-0.05, 0) is 29.6 Å². The summed E-state index contributed by atoms with van der Waals surface area (Å²) in [6.07, 6.45) is 0. The maximum Gasteiger partial charge on any atom is 0.279 e. The molecule has 0 bridgehead atoms. The van der Waals surface area contributed by atoms with Gasteiger partial charge in [-0.15, -0.1) is 23.1 Å². The van der Waals surface area contributed by atoms with Gasteiger partial charge in [-0.25, -0.2) is 0 Å². The van der Waals surface area contributed by atoms with Crippen LogP contribution in [0.15, 0.2) is 40.6 Å². The number of hydrogen-bond acceptors (Lipinski definition) is 5. The number of amides is 2. The first-order valence-electron chi connectivity index (χ1n) is 5.87. The van der Waals surface area contributed by atoms with Crippen LogP contribution in [-0.4, -0.2) is 17.6 Å². The Morgan fingerprint density at radius 2 is 2.10 bits per heavy atom. The van der Waals surface area contributed by atoms with Crippen LogP contribution >= 0.6 is 34.7 Å². The predicted octanol–water partition coefficient (Wildman–Crippen LogP) is 2.54. The van der Waals surface area contributed by atoms with E-state index < -0.39 is 0 Å². The van der Waals surface area contributed by atoms with Crippen LogP contribution < -0.4 is 16.6 Å². The zero-order chi connectivity index (χ0) is 15.2. The Kier molecular flexibility index (Phi) is 5.49. The number of thiophene rings is 1. The van der Waals surface area contributed by atoms with Gasteiger partial charge in [0.15, 0.2) is 0 Å². The van der Waals surface area contributed by atoms with E-state index in [0.717, 1.165) is 4.90 Å². The summed E-state index contributed by atoms with van der Waals surface area (Å²) in [7, 11) is 0. The van der Waals surface area contributed by atoms with E-state index in [-0.39, 0.29) is 17.6 Å². The van der Waals surface area contributed by atoms with Crippen LogP contribution in [0.3, 0.4) is 0 Å². The van der Waals surface area contributed by atoms with Crippen molar-refractivity contribution in [3.05, 3.63) is 45.6 Å². The molecule has 21 heavy (non-hydrogen) atoms. The standard InChI is InChI=1S/C13H12ClN3O2S2/c14-9-4-3-8(15)6-11(9)21-7-12(18)16-17-13(19)10-2-1-5-20-10/h1-6H,7,15H2,(H,16,18)(H,17,19). The number of nitrogens with two attached hydrogens (primary N) is 1. The van der Waals surface area contributed by atoms with Crippen molar-refractivity contribution in [3.63, 3.8) is 0 Å². The first kappa shape index (κ1) is 15.7. The van der Waals surface area contributed by atoms with Gasteiger partial charge < -0.3 is 5.73 Å². The maximum atomic E-state index is 11.7. The second-order valence-electron chi connectivity index (χ2n) is 3.96. The van der Waals surface area contributed by atoms with Crippen molar-refractivity contribution in [3.8, 4) is 0 Å². The smallest absolute Gasteiger partial charge is 0.279 e. The molecule has 1 aromatic heterocycles. The van der Waals surface area contributed by atoms with E-state index in [2.05, 4.69) is 10.9 Å². The molecule has 0 fully saturated rings. The predicted molar refractivity (Wildman–Crippen MR) is 86.5 cm³/mol. The molecular weight excluding hydrogens is 330 g/mol. The maximum absolute atomic E-state index is 11.7. The van der Waals surface area contributed by atoms with Gasteiger partial charge in [0.1, 0.15) is 0 Å². The number of carbonyl (C=O) groups is 2. The van der Waals surface area contributed by atoms with Crippen molar-refractivity contribution in [1.82, 2.24) is 10.9 Å². The van der Waals surface area contributed by atoms with Gasteiger partial charge in [-0.3, -0.25) is 20.4 Å². The summed E-state index contributed by atoms with van der Waals surface area (Å²) in [6.45, 7) is 0. The number of hydrogen-bond donors (Lipinski definition) is 3.